The first kappa shape index (κ1) is 20.5. The van der Waals surface area contributed by atoms with Crippen LogP contribution >= 0.6 is 0 Å². The van der Waals surface area contributed by atoms with Gasteiger partial charge in [-0.15, -0.1) is 0 Å². The molecule has 6 nitrogen and oxygen atoms in total. The summed E-state index contributed by atoms with van der Waals surface area (Å²) in [6.07, 6.45) is 2.09. The van der Waals surface area contributed by atoms with Gasteiger partial charge in [-0.2, -0.15) is 0 Å². The van der Waals surface area contributed by atoms with Crippen molar-refractivity contribution in [2.45, 2.75) is 27.2 Å². The number of methoxy groups -OCH3 is 1. The average Bonchev–Trinajstić information content (AvgIpc) is 2.70. The number of carbonyl (C=O) groups is 1. The molecule has 0 bridgehead atoms. The second-order valence-corrected chi connectivity index (χ2v) is 6.83. The highest BCUT2D eigenvalue weighted by Crippen LogP contribution is 2.31. The van der Waals surface area contributed by atoms with Crippen LogP contribution < -0.4 is 14.9 Å². The highest BCUT2D eigenvalue weighted by molar-refractivity contribution is 5.94. The number of esters is 1. The molecule has 1 aromatic heterocycles. The molecule has 152 valence electrons. The van der Waals surface area contributed by atoms with Crippen LogP contribution in [0.25, 0.3) is 10.9 Å². The number of H-pyrrole nitrogens is 1. The van der Waals surface area contributed by atoms with Crippen molar-refractivity contribution in [2.75, 3.05) is 20.3 Å². The van der Waals surface area contributed by atoms with Crippen molar-refractivity contribution in [2.24, 2.45) is 0 Å². The SMILES string of the molecule is CCOC(=O)c1c[nH]c2cc(OC)c(OCCc3cc(C)ccc3C)cc2c1=O. The molecule has 0 aliphatic heterocycles. The number of pyridine rings is 1. The van der Waals surface area contributed by atoms with Gasteiger partial charge in [0, 0.05) is 18.7 Å². The quantitative estimate of drug-likeness (QED) is 0.613. The van der Waals surface area contributed by atoms with Crippen LogP contribution in [0.3, 0.4) is 0 Å². The number of fused-ring (bicyclic) bond motifs is 1. The molecule has 6 heteroatoms. The summed E-state index contributed by atoms with van der Waals surface area (Å²) in [5.74, 6) is 0.318. The van der Waals surface area contributed by atoms with Crippen molar-refractivity contribution in [3.8, 4) is 11.5 Å². The van der Waals surface area contributed by atoms with E-state index in [1.165, 1.54) is 22.9 Å². The Hall–Kier alpha value is -3.28. The van der Waals surface area contributed by atoms with E-state index in [0.717, 1.165) is 6.42 Å². The lowest BCUT2D eigenvalue weighted by molar-refractivity contribution is 0.0524. The molecule has 0 aliphatic rings. The highest BCUT2D eigenvalue weighted by Gasteiger charge is 2.16. The Bertz CT molecular complexity index is 1100. The number of nitrogens with one attached hydrogen (secondary N) is 1. The van der Waals surface area contributed by atoms with Crippen LogP contribution in [0.15, 0.2) is 41.3 Å². The van der Waals surface area contributed by atoms with Crippen LogP contribution in [0.2, 0.25) is 0 Å². The van der Waals surface area contributed by atoms with Gasteiger partial charge in [0.05, 0.1) is 31.2 Å². The normalized spacial score (nSPS) is 10.8. The largest absolute Gasteiger partial charge is 0.493 e. The molecular weight excluding hydrogens is 370 g/mol. The number of aromatic amines is 1. The van der Waals surface area contributed by atoms with Crippen molar-refractivity contribution < 1.29 is 19.0 Å². The van der Waals surface area contributed by atoms with Gasteiger partial charge in [0.1, 0.15) is 5.56 Å². The molecule has 0 fully saturated rings. The van der Waals surface area contributed by atoms with Crippen molar-refractivity contribution in [3.63, 3.8) is 0 Å². The second kappa shape index (κ2) is 8.82. The number of aromatic nitrogens is 1. The number of benzene rings is 2. The van der Waals surface area contributed by atoms with Crippen molar-refractivity contribution in [3.05, 3.63) is 69.0 Å². The van der Waals surface area contributed by atoms with Crippen molar-refractivity contribution in [1.82, 2.24) is 4.98 Å². The monoisotopic (exact) mass is 395 g/mol. The minimum absolute atomic E-state index is 0.0362. The van der Waals surface area contributed by atoms with E-state index >= 15 is 0 Å². The summed E-state index contributed by atoms with van der Waals surface area (Å²) in [5.41, 5.74) is 3.74. The van der Waals surface area contributed by atoms with E-state index in [1.54, 1.807) is 26.2 Å². The zero-order valence-electron chi connectivity index (χ0n) is 17.1. The molecule has 0 saturated heterocycles. The molecule has 0 spiro atoms. The summed E-state index contributed by atoms with van der Waals surface area (Å²) in [5, 5.41) is 0.345. The molecule has 0 atom stereocenters. The number of ether oxygens (including phenoxy) is 3. The molecule has 3 rings (SSSR count). The summed E-state index contributed by atoms with van der Waals surface area (Å²) in [4.78, 5) is 27.7. The molecule has 29 heavy (non-hydrogen) atoms. The molecule has 1 heterocycles. The van der Waals surface area contributed by atoms with Crippen LogP contribution in [0.4, 0.5) is 0 Å². The lowest BCUT2D eigenvalue weighted by Gasteiger charge is -2.13. The lowest BCUT2D eigenvalue weighted by Crippen LogP contribution is -2.18. The predicted molar refractivity (Wildman–Crippen MR) is 112 cm³/mol. The lowest BCUT2D eigenvalue weighted by atomic mass is 10.0. The number of carbonyl (C=O) groups excluding carboxylic acids is 1. The van der Waals surface area contributed by atoms with Gasteiger partial charge in [0.15, 0.2) is 11.5 Å². The predicted octanol–water partition coefficient (Wildman–Crippen LogP) is 3.95. The van der Waals surface area contributed by atoms with Gasteiger partial charge in [0.2, 0.25) is 5.43 Å². The summed E-state index contributed by atoms with van der Waals surface area (Å²) < 4.78 is 16.3. The van der Waals surface area contributed by atoms with Crippen molar-refractivity contribution >= 4 is 16.9 Å². The van der Waals surface area contributed by atoms with Gasteiger partial charge in [-0.3, -0.25) is 4.79 Å². The Morgan fingerprint density at radius 3 is 2.62 bits per heavy atom. The summed E-state index contributed by atoms with van der Waals surface area (Å²) in [7, 11) is 1.55. The van der Waals surface area contributed by atoms with Crippen molar-refractivity contribution in [1.29, 1.82) is 0 Å². The Morgan fingerprint density at radius 1 is 1.10 bits per heavy atom. The molecule has 2 aromatic carbocycles. The van der Waals surface area contributed by atoms with Gasteiger partial charge in [0.25, 0.3) is 0 Å². The maximum Gasteiger partial charge on any atom is 0.343 e. The van der Waals surface area contributed by atoms with E-state index in [4.69, 9.17) is 14.2 Å². The molecule has 0 unspecified atom stereocenters. The average molecular weight is 395 g/mol. The van der Waals surface area contributed by atoms with E-state index < -0.39 is 11.4 Å². The van der Waals surface area contributed by atoms with Gasteiger partial charge in [-0.1, -0.05) is 23.8 Å². The first-order chi connectivity index (χ1) is 13.9. The number of hydrogen-bond acceptors (Lipinski definition) is 5. The molecular formula is C23H25NO5. The number of aryl methyl sites for hydroxylation is 2. The Morgan fingerprint density at radius 2 is 1.90 bits per heavy atom. The van der Waals surface area contributed by atoms with Crippen LogP contribution in [-0.4, -0.2) is 31.3 Å². The summed E-state index contributed by atoms with van der Waals surface area (Å²) in [6.45, 7) is 6.46. The fourth-order valence-electron chi connectivity index (χ4n) is 3.20. The molecule has 0 radical (unpaired) electrons. The molecule has 0 saturated carbocycles. The number of rotatable bonds is 7. The third-order valence-electron chi connectivity index (χ3n) is 4.79. The molecule has 0 amide bonds. The zero-order chi connectivity index (χ0) is 21.0. The maximum absolute atomic E-state index is 12.8. The van der Waals surface area contributed by atoms with E-state index in [1.807, 2.05) is 0 Å². The van der Waals surface area contributed by atoms with Crippen LogP contribution in [-0.2, 0) is 11.2 Å². The van der Waals surface area contributed by atoms with Gasteiger partial charge < -0.3 is 19.2 Å². The number of hydrogen-bond donors (Lipinski definition) is 1. The van der Waals surface area contributed by atoms with Crippen LogP contribution in [0.1, 0.15) is 34.0 Å². The maximum atomic E-state index is 12.8. The smallest absolute Gasteiger partial charge is 0.343 e. The first-order valence-corrected chi connectivity index (χ1v) is 9.54. The molecule has 0 aliphatic carbocycles. The Balaban J connectivity index is 1.89. The summed E-state index contributed by atoms with van der Waals surface area (Å²) in [6, 6.07) is 9.63. The van der Waals surface area contributed by atoms with Gasteiger partial charge in [-0.25, -0.2) is 4.79 Å². The zero-order valence-corrected chi connectivity index (χ0v) is 17.1. The van der Waals surface area contributed by atoms with E-state index in [9.17, 15) is 9.59 Å². The molecule has 1 N–H and O–H groups in total. The van der Waals surface area contributed by atoms with Gasteiger partial charge in [-0.05, 0) is 38.0 Å². The third kappa shape index (κ3) is 4.42. The third-order valence-corrected chi connectivity index (χ3v) is 4.79. The van der Waals surface area contributed by atoms with Crippen LogP contribution in [0, 0.1) is 13.8 Å². The van der Waals surface area contributed by atoms with E-state index in [-0.39, 0.29) is 12.2 Å². The van der Waals surface area contributed by atoms with Crippen LogP contribution in [0.5, 0.6) is 11.5 Å². The minimum Gasteiger partial charge on any atom is -0.493 e. The summed E-state index contributed by atoms with van der Waals surface area (Å²) >= 11 is 0. The fourth-order valence-corrected chi connectivity index (χ4v) is 3.20. The fraction of sp³-hybridized carbons (Fsp3) is 0.304. The highest BCUT2D eigenvalue weighted by atomic mass is 16.5. The van der Waals surface area contributed by atoms with E-state index in [2.05, 4.69) is 37.0 Å². The first-order valence-electron chi connectivity index (χ1n) is 9.54. The second-order valence-electron chi connectivity index (χ2n) is 6.83. The topological polar surface area (TPSA) is 77.6 Å². The Kier molecular flexibility index (Phi) is 6.22. The van der Waals surface area contributed by atoms with Gasteiger partial charge >= 0.3 is 5.97 Å². The minimum atomic E-state index is -0.649. The molecule has 3 aromatic rings. The van der Waals surface area contributed by atoms with E-state index in [0.29, 0.717) is 29.0 Å². The Labute approximate surface area is 169 Å². The standard InChI is InChI=1S/C23H25NO5/c1-5-28-23(26)18-13-24-19-12-20(27-4)21(11-17(19)22(18)25)29-9-8-16-10-14(2)6-7-15(16)3/h6-7,10-13H,5,8-9H2,1-4H3,(H,24,25).